The van der Waals surface area contributed by atoms with Gasteiger partial charge in [0.1, 0.15) is 0 Å². The smallest absolute Gasteiger partial charge is 0.284 e. The SMILES string of the molecule is CCCCC1CN1C(=N)OCC. The van der Waals surface area contributed by atoms with Gasteiger partial charge in [-0.25, -0.2) is 0 Å². The van der Waals surface area contributed by atoms with Crippen molar-refractivity contribution in [3.63, 3.8) is 0 Å². The van der Waals surface area contributed by atoms with Gasteiger partial charge < -0.3 is 9.64 Å². The fourth-order valence-corrected chi connectivity index (χ4v) is 1.34. The van der Waals surface area contributed by atoms with E-state index in [4.69, 9.17) is 10.1 Å². The Morgan fingerprint density at radius 3 is 2.92 bits per heavy atom. The molecule has 0 spiro atoms. The summed E-state index contributed by atoms with van der Waals surface area (Å²) in [5, 5.41) is 7.48. The molecule has 0 bridgehead atoms. The zero-order valence-corrected chi connectivity index (χ0v) is 7.97. The quantitative estimate of drug-likeness (QED) is 0.397. The lowest BCUT2D eigenvalue weighted by molar-refractivity contribution is 0.285. The molecule has 1 atom stereocenters. The van der Waals surface area contributed by atoms with Gasteiger partial charge in [0.2, 0.25) is 0 Å². The summed E-state index contributed by atoms with van der Waals surface area (Å²) in [6, 6.07) is 0.961. The molecule has 1 aliphatic heterocycles. The maximum Gasteiger partial charge on any atom is 0.284 e. The molecule has 3 heteroatoms. The van der Waals surface area contributed by atoms with E-state index in [2.05, 4.69) is 6.92 Å². The van der Waals surface area contributed by atoms with Gasteiger partial charge in [0, 0.05) is 6.54 Å². The molecular weight excluding hydrogens is 152 g/mol. The Morgan fingerprint density at radius 2 is 2.33 bits per heavy atom. The first-order chi connectivity index (χ1) is 5.79. The summed E-state index contributed by atoms with van der Waals surface area (Å²) < 4.78 is 5.09. The van der Waals surface area contributed by atoms with E-state index in [9.17, 15) is 0 Å². The first-order valence-electron chi connectivity index (χ1n) is 4.77. The Bertz CT molecular complexity index is 159. The highest BCUT2D eigenvalue weighted by molar-refractivity contribution is 5.73. The van der Waals surface area contributed by atoms with Crippen molar-refractivity contribution in [2.45, 2.75) is 39.2 Å². The Kier molecular flexibility index (Phi) is 3.38. The van der Waals surface area contributed by atoms with Gasteiger partial charge in [-0.3, -0.25) is 5.41 Å². The van der Waals surface area contributed by atoms with Gasteiger partial charge >= 0.3 is 0 Å². The fraction of sp³-hybridized carbons (Fsp3) is 0.889. The molecule has 0 aromatic rings. The Balaban J connectivity index is 2.10. The number of hydrogen-bond acceptors (Lipinski definition) is 2. The monoisotopic (exact) mass is 170 g/mol. The van der Waals surface area contributed by atoms with Crippen LogP contribution < -0.4 is 0 Å². The van der Waals surface area contributed by atoms with Crippen LogP contribution in [0.4, 0.5) is 0 Å². The van der Waals surface area contributed by atoms with E-state index in [0.717, 1.165) is 6.54 Å². The molecule has 1 aliphatic rings. The highest BCUT2D eigenvalue weighted by Gasteiger charge is 2.36. The third-order valence-electron chi connectivity index (χ3n) is 2.15. The van der Waals surface area contributed by atoms with Crippen molar-refractivity contribution in [1.29, 1.82) is 5.41 Å². The maximum absolute atomic E-state index is 7.48. The summed E-state index contributed by atoms with van der Waals surface area (Å²) in [4.78, 5) is 2.01. The van der Waals surface area contributed by atoms with Crippen molar-refractivity contribution >= 4 is 6.02 Å². The standard InChI is InChI=1S/C9H18N2O/c1-3-5-6-8-7-11(8)9(10)12-4-2/h8,10H,3-7H2,1-2H3. The maximum atomic E-state index is 7.48. The lowest BCUT2D eigenvalue weighted by Crippen LogP contribution is -2.15. The molecule has 0 amide bonds. The molecule has 1 N–H and O–H groups in total. The van der Waals surface area contributed by atoms with Crippen molar-refractivity contribution in [3.8, 4) is 0 Å². The molecule has 0 radical (unpaired) electrons. The second-order valence-corrected chi connectivity index (χ2v) is 3.19. The van der Waals surface area contributed by atoms with E-state index < -0.39 is 0 Å². The van der Waals surface area contributed by atoms with Gasteiger partial charge in [-0.2, -0.15) is 0 Å². The zero-order valence-electron chi connectivity index (χ0n) is 7.97. The van der Waals surface area contributed by atoms with Gasteiger partial charge in [0.15, 0.2) is 0 Å². The van der Waals surface area contributed by atoms with Gasteiger partial charge in [-0.1, -0.05) is 19.8 Å². The molecular formula is C9H18N2O. The molecule has 1 unspecified atom stereocenters. The molecule has 12 heavy (non-hydrogen) atoms. The Labute approximate surface area is 74.2 Å². The van der Waals surface area contributed by atoms with Gasteiger partial charge in [-0.15, -0.1) is 0 Å². The Hall–Kier alpha value is -0.730. The number of nitrogens with zero attached hydrogens (tertiary/aromatic N) is 1. The van der Waals surface area contributed by atoms with Crippen molar-refractivity contribution in [3.05, 3.63) is 0 Å². The van der Waals surface area contributed by atoms with Crippen molar-refractivity contribution in [1.82, 2.24) is 4.90 Å². The molecule has 3 nitrogen and oxygen atoms in total. The topological polar surface area (TPSA) is 36.1 Å². The zero-order chi connectivity index (χ0) is 8.97. The average molecular weight is 170 g/mol. The molecule has 0 aromatic heterocycles. The van der Waals surface area contributed by atoms with Crippen LogP contribution >= 0.6 is 0 Å². The van der Waals surface area contributed by atoms with Crippen molar-refractivity contribution < 1.29 is 4.74 Å². The molecule has 1 rings (SSSR count). The average Bonchev–Trinajstić information content (AvgIpc) is 2.80. The number of unbranched alkanes of at least 4 members (excludes halogenated alkanes) is 1. The lowest BCUT2D eigenvalue weighted by atomic mass is 10.2. The third kappa shape index (κ3) is 2.40. The normalized spacial score (nSPS) is 20.8. The highest BCUT2D eigenvalue weighted by Crippen LogP contribution is 2.23. The minimum Gasteiger partial charge on any atom is -0.466 e. The second-order valence-electron chi connectivity index (χ2n) is 3.19. The Morgan fingerprint density at radius 1 is 1.58 bits per heavy atom. The minimum absolute atomic E-state index is 0.360. The minimum atomic E-state index is 0.360. The van der Waals surface area contributed by atoms with E-state index in [1.165, 1.54) is 19.3 Å². The molecule has 0 aromatic carbocycles. The summed E-state index contributed by atoms with van der Waals surface area (Å²) in [6.45, 7) is 5.74. The molecule has 0 saturated carbocycles. The van der Waals surface area contributed by atoms with E-state index in [1.54, 1.807) is 0 Å². The molecule has 1 saturated heterocycles. The van der Waals surface area contributed by atoms with Gasteiger partial charge in [0.05, 0.1) is 12.6 Å². The predicted octanol–water partition coefficient (Wildman–Crippen LogP) is 1.83. The van der Waals surface area contributed by atoms with E-state index in [1.807, 2.05) is 11.8 Å². The molecule has 1 heterocycles. The van der Waals surface area contributed by atoms with Crippen LogP contribution in [0.25, 0.3) is 0 Å². The van der Waals surface area contributed by atoms with Gasteiger partial charge in [-0.05, 0) is 13.3 Å². The highest BCUT2D eigenvalue weighted by atomic mass is 16.5. The summed E-state index contributed by atoms with van der Waals surface area (Å²) in [5.41, 5.74) is 0. The first-order valence-corrected chi connectivity index (χ1v) is 4.77. The fourth-order valence-electron chi connectivity index (χ4n) is 1.34. The van der Waals surface area contributed by atoms with Crippen LogP contribution in [0.3, 0.4) is 0 Å². The summed E-state index contributed by atoms with van der Waals surface area (Å²) in [7, 11) is 0. The number of ether oxygens (including phenoxy) is 1. The van der Waals surface area contributed by atoms with Crippen LogP contribution in [0.5, 0.6) is 0 Å². The number of amidine groups is 1. The van der Waals surface area contributed by atoms with Crippen LogP contribution in [0.15, 0.2) is 0 Å². The van der Waals surface area contributed by atoms with Crippen molar-refractivity contribution in [2.75, 3.05) is 13.2 Å². The second kappa shape index (κ2) is 4.33. The number of rotatable bonds is 4. The van der Waals surface area contributed by atoms with Crippen LogP contribution in [-0.2, 0) is 4.74 Å². The van der Waals surface area contributed by atoms with Crippen LogP contribution in [0, 0.1) is 5.41 Å². The number of nitrogens with one attached hydrogen (secondary N) is 1. The summed E-state index contributed by atoms with van der Waals surface area (Å²) in [6.07, 6.45) is 3.72. The summed E-state index contributed by atoms with van der Waals surface area (Å²) in [5.74, 6) is 0. The van der Waals surface area contributed by atoms with Crippen LogP contribution in [-0.4, -0.2) is 30.1 Å². The van der Waals surface area contributed by atoms with Gasteiger partial charge in [0.25, 0.3) is 6.02 Å². The van der Waals surface area contributed by atoms with Crippen LogP contribution in [0.1, 0.15) is 33.1 Å². The molecule has 0 aliphatic carbocycles. The van der Waals surface area contributed by atoms with Crippen LogP contribution in [0.2, 0.25) is 0 Å². The first kappa shape index (κ1) is 9.36. The van der Waals surface area contributed by atoms with Crippen molar-refractivity contribution in [2.24, 2.45) is 0 Å². The lowest BCUT2D eigenvalue weighted by Gasteiger charge is -2.06. The number of hydrogen-bond donors (Lipinski definition) is 1. The third-order valence-corrected chi connectivity index (χ3v) is 2.15. The largest absolute Gasteiger partial charge is 0.466 e. The molecule has 1 fully saturated rings. The predicted molar refractivity (Wildman–Crippen MR) is 49.4 cm³/mol. The summed E-state index contributed by atoms with van der Waals surface area (Å²) >= 11 is 0. The molecule has 70 valence electrons. The van der Waals surface area contributed by atoms with E-state index in [0.29, 0.717) is 18.7 Å². The van der Waals surface area contributed by atoms with E-state index >= 15 is 0 Å². The van der Waals surface area contributed by atoms with E-state index in [-0.39, 0.29) is 0 Å².